The summed E-state index contributed by atoms with van der Waals surface area (Å²) in [5.74, 6) is -2.13. The van der Waals surface area contributed by atoms with Crippen molar-refractivity contribution < 1.29 is 43.2 Å². The zero-order valence-corrected chi connectivity index (χ0v) is 25.5. The van der Waals surface area contributed by atoms with Crippen LogP contribution in [-0.4, -0.2) is 65.6 Å². The van der Waals surface area contributed by atoms with Crippen molar-refractivity contribution in [2.45, 2.75) is 47.1 Å². The Hall–Kier alpha value is -5.06. The number of phenols is 1. The molecule has 228 valence electrons. The van der Waals surface area contributed by atoms with E-state index in [9.17, 15) is 24.3 Å². The van der Waals surface area contributed by atoms with E-state index in [1.807, 2.05) is 19.9 Å². The van der Waals surface area contributed by atoms with Crippen molar-refractivity contribution in [3.8, 4) is 17.2 Å². The maximum atomic E-state index is 14.1. The molecule has 3 aromatic rings. The fourth-order valence-corrected chi connectivity index (χ4v) is 4.45. The monoisotopic (exact) mass is 592 g/mol. The van der Waals surface area contributed by atoms with E-state index in [-0.39, 0.29) is 28.2 Å². The number of carbonyl (C=O) groups excluding carboxylic acids is 4. The Labute approximate surface area is 250 Å². The van der Waals surface area contributed by atoms with E-state index in [1.165, 1.54) is 32.4 Å². The number of benzene rings is 3. The van der Waals surface area contributed by atoms with E-state index in [2.05, 4.69) is 0 Å². The lowest BCUT2D eigenvalue weighted by molar-refractivity contribution is -0.0585. The van der Waals surface area contributed by atoms with E-state index >= 15 is 0 Å². The van der Waals surface area contributed by atoms with E-state index in [0.29, 0.717) is 16.3 Å². The molecule has 1 N–H and O–H groups in total. The molecule has 11 nitrogen and oxygen atoms in total. The second kappa shape index (κ2) is 13.3. The molecule has 0 aliphatic heterocycles. The molecule has 0 aliphatic carbocycles. The number of ether oxygens (including phenoxy) is 4. The lowest BCUT2D eigenvalue weighted by atomic mass is 10.0. The summed E-state index contributed by atoms with van der Waals surface area (Å²) < 4.78 is 20.6. The third-order valence-corrected chi connectivity index (χ3v) is 6.38. The summed E-state index contributed by atoms with van der Waals surface area (Å²) in [5.41, 5.74) is 1.28. The first-order chi connectivity index (χ1) is 20.2. The number of hydrogen-bond donors (Lipinski definition) is 1. The highest BCUT2D eigenvalue weighted by Gasteiger charge is 2.41. The number of rotatable bonds is 7. The molecule has 0 aromatic heterocycles. The molecule has 0 unspecified atom stereocenters. The zero-order valence-electron chi connectivity index (χ0n) is 25.5. The molecule has 11 heteroatoms. The average molecular weight is 593 g/mol. The molecule has 0 radical (unpaired) electrons. The minimum absolute atomic E-state index is 0.0319. The number of hydrogen-bond acceptors (Lipinski definition) is 9. The molecule has 3 rings (SSSR count). The first-order valence-electron chi connectivity index (χ1n) is 13.3. The van der Waals surface area contributed by atoms with Crippen LogP contribution in [0.5, 0.6) is 17.2 Å². The zero-order chi connectivity index (χ0) is 32.1. The summed E-state index contributed by atoms with van der Waals surface area (Å²) in [7, 11) is 2.81. The second-order valence-corrected chi connectivity index (χ2v) is 10.8. The molecule has 0 saturated heterocycles. The molecule has 0 aliphatic rings. The van der Waals surface area contributed by atoms with Crippen LogP contribution >= 0.6 is 0 Å². The average Bonchev–Trinajstić information content (AvgIpc) is 2.93. The van der Waals surface area contributed by atoms with E-state index in [0.717, 1.165) is 22.2 Å². The van der Waals surface area contributed by atoms with Crippen LogP contribution in [0.1, 0.15) is 68.5 Å². The Kier molecular flexibility index (Phi) is 10.0. The quantitative estimate of drug-likeness (QED) is 0.212. The van der Waals surface area contributed by atoms with Crippen molar-refractivity contribution in [3.05, 3.63) is 88.0 Å². The number of methoxy groups -OCH3 is 2. The number of aromatic hydroxyl groups is 1. The molecule has 3 aromatic carbocycles. The summed E-state index contributed by atoms with van der Waals surface area (Å²) in [5, 5.41) is 11.6. The molecule has 0 spiro atoms. The summed E-state index contributed by atoms with van der Waals surface area (Å²) in [4.78, 5) is 54.3. The molecule has 43 heavy (non-hydrogen) atoms. The number of aryl methyl sites for hydroxylation is 2. The molecule has 0 fully saturated rings. The van der Waals surface area contributed by atoms with Crippen molar-refractivity contribution >= 4 is 23.9 Å². The van der Waals surface area contributed by atoms with Gasteiger partial charge in [0.05, 0.1) is 25.3 Å². The minimum Gasteiger partial charge on any atom is -0.504 e. The maximum absolute atomic E-state index is 14.1. The summed E-state index contributed by atoms with van der Waals surface area (Å²) in [6.45, 7) is 9.41. The highest BCUT2D eigenvalue weighted by Crippen LogP contribution is 2.28. The molecular weight excluding hydrogens is 556 g/mol. The standard InChI is InChI=1S/C32H36N2O9/c1-19-14-20(2)16-23(15-19)28(36)34(32(4,5)6)33(29(37)24-10-9-11-26(40-7)21(24)3)31(39)43-18-42-30(38)22-12-13-27(41-8)25(35)17-22/h9-17,35H,18H2,1-8H3. The number of amides is 3. The largest absolute Gasteiger partial charge is 0.504 e. The van der Waals surface area contributed by atoms with Gasteiger partial charge in [-0.15, -0.1) is 5.01 Å². The highest BCUT2D eigenvalue weighted by atomic mass is 16.7. The predicted molar refractivity (Wildman–Crippen MR) is 157 cm³/mol. The van der Waals surface area contributed by atoms with Gasteiger partial charge >= 0.3 is 12.1 Å². The van der Waals surface area contributed by atoms with Crippen molar-refractivity contribution in [1.29, 1.82) is 0 Å². The van der Waals surface area contributed by atoms with E-state index in [4.69, 9.17) is 18.9 Å². The van der Waals surface area contributed by atoms with E-state index < -0.39 is 36.2 Å². The number of imide groups is 1. The van der Waals surface area contributed by atoms with Crippen LogP contribution in [0, 0.1) is 20.8 Å². The van der Waals surface area contributed by atoms with Gasteiger partial charge in [-0.05, 0) is 84.0 Å². The van der Waals surface area contributed by atoms with Gasteiger partial charge in [0.1, 0.15) is 5.75 Å². The number of nitrogens with zero attached hydrogens (tertiary/aromatic N) is 2. The maximum Gasteiger partial charge on any atom is 0.439 e. The number of esters is 1. The van der Waals surface area contributed by atoms with Gasteiger partial charge in [0.15, 0.2) is 11.5 Å². The van der Waals surface area contributed by atoms with Gasteiger partial charge in [-0.3, -0.25) is 9.59 Å². The Morgan fingerprint density at radius 2 is 1.40 bits per heavy atom. The van der Waals surface area contributed by atoms with Gasteiger partial charge in [-0.25, -0.2) is 14.6 Å². The van der Waals surface area contributed by atoms with Gasteiger partial charge in [0.25, 0.3) is 11.8 Å². The Morgan fingerprint density at radius 1 is 0.767 bits per heavy atom. The van der Waals surface area contributed by atoms with Gasteiger partial charge in [-0.2, -0.15) is 0 Å². The van der Waals surface area contributed by atoms with Crippen LogP contribution < -0.4 is 9.47 Å². The summed E-state index contributed by atoms with van der Waals surface area (Å²) in [6, 6.07) is 13.8. The minimum atomic E-state index is -1.26. The van der Waals surface area contributed by atoms with Crippen molar-refractivity contribution in [2.75, 3.05) is 21.0 Å². The smallest absolute Gasteiger partial charge is 0.439 e. The fraction of sp³-hybridized carbons (Fsp3) is 0.312. The fourth-order valence-electron chi connectivity index (χ4n) is 4.45. The first-order valence-corrected chi connectivity index (χ1v) is 13.3. The molecule has 0 bridgehead atoms. The van der Waals surface area contributed by atoms with Crippen LogP contribution in [0.3, 0.4) is 0 Å². The van der Waals surface area contributed by atoms with Gasteiger partial charge in [0.2, 0.25) is 6.79 Å². The molecule has 3 amide bonds. The lowest BCUT2D eigenvalue weighted by Crippen LogP contribution is -2.60. The van der Waals surface area contributed by atoms with Crippen LogP contribution in [0.4, 0.5) is 4.79 Å². The Morgan fingerprint density at radius 3 is 1.95 bits per heavy atom. The normalized spacial score (nSPS) is 10.9. The third-order valence-electron chi connectivity index (χ3n) is 6.38. The molecular formula is C32H36N2O9. The van der Waals surface area contributed by atoms with Crippen LogP contribution in [0.15, 0.2) is 54.6 Å². The Bertz CT molecular complexity index is 1520. The van der Waals surface area contributed by atoms with Crippen molar-refractivity contribution in [3.63, 3.8) is 0 Å². The summed E-state index contributed by atoms with van der Waals surface area (Å²) >= 11 is 0. The van der Waals surface area contributed by atoms with Crippen LogP contribution in [-0.2, 0) is 9.47 Å². The van der Waals surface area contributed by atoms with Crippen LogP contribution in [0.25, 0.3) is 0 Å². The number of phenolic OH excluding ortho intramolecular Hbond substituents is 1. The molecule has 0 heterocycles. The second-order valence-electron chi connectivity index (χ2n) is 10.8. The van der Waals surface area contributed by atoms with Gasteiger partial charge in [0, 0.05) is 16.7 Å². The summed E-state index contributed by atoms with van der Waals surface area (Å²) in [6.07, 6.45) is -1.26. The topological polar surface area (TPSA) is 132 Å². The number of hydrazine groups is 1. The van der Waals surface area contributed by atoms with Gasteiger partial charge < -0.3 is 24.1 Å². The SMILES string of the molecule is COc1ccc(C(=O)OCOC(=O)N(C(=O)c2cccc(OC)c2C)N(C(=O)c2cc(C)cc(C)c2)C(C)(C)C)cc1O. The van der Waals surface area contributed by atoms with Crippen molar-refractivity contribution in [1.82, 2.24) is 10.0 Å². The van der Waals surface area contributed by atoms with Gasteiger partial charge in [-0.1, -0.05) is 23.3 Å². The highest BCUT2D eigenvalue weighted by molar-refractivity contribution is 6.07. The predicted octanol–water partition coefficient (Wildman–Crippen LogP) is 5.58. The first kappa shape index (κ1) is 32.5. The lowest BCUT2D eigenvalue weighted by Gasteiger charge is -2.41. The van der Waals surface area contributed by atoms with E-state index in [1.54, 1.807) is 52.0 Å². The van der Waals surface area contributed by atoms with Crippen LogP contribution in [0.2, 0.25) is 0 Å². The molecule has 0 atom stereocenters. The molecule has 0 saturated carbocycles. The third kappa shape index (κ3) is 7.42. The van der Waals surface area contributed by atoms with Crippen molar-refractivity contribution in [2.24, 2.45) is 0 Å². The number of carbonyl (C=O) groups is 4. The Balaban J connectivity index is 2.00.